The molecule has 1 aromatic carbocycles. The van der Waals surface area contributed by atoms with E-state index in [1.165, 1.54) is 0 Å². The Bertz CT molecular complexity index is 601. The Balaban J connectivity index is 2.36. The number of carbonyl (C=O) groups is 1. The number of amides is 1. The Labute approximate surface area is 132 Å². The van der Waals surface area contributed by atoms with Gasteiger partial charge in [0.2, 0.25) is 5.91 Å². The predicted octanol–water partition coefficient (Wildman–Crippen LogP) is 0.641. The molecule has 3 N–H and O–H groups in total. The van der Waals surface area contributed by atoms with Gasteiger partial charge in [-0.05, 0) is 38.0 Å². The largest absolute Gasteiger partial charge is 0.489 e. The first-order valence-corrected chi connectivity index (χ1v) is 9.18. The first-order valence-electron chi connectivity index (χ1n) is 7.11. The third-order valence-electron chi connectivity index (χ3n) is 3.03. The van der Waals surface area contributed by atoms with E-state index in [9.17, 15) is 13.2 Å². The van der Waals surface area contributed by atoms with E-state index in [0.29, 0.717) is 6.54 Å². The zero-order chi connectivity index (χ0) is 16.8. The molecule has 0 saturated heterocycles. The van der Waals surface area contributed by atoms with Gasteiger partial charge in [0.25, 0.3) is 0 Å². The summed E-state index contributed by atoms with van der Waals surface area (Å²) in [6.07, 6.45) is 1.01. The quantitative estimate of drug-likeness (QED) is 0.730. The Morgan fingerprint density at radius 3 is 2.68 bits per heavy atom. The fourth-order valence-corrected chi connectivity index (χ4v) is 2.49. The third-order valence-corrected chi connectivity index (χ3v) is 4.00. The first kappa shape index (κ1) is 18.4. The molecule has 0 aliphatic rings. The van der Waals surface area contributed by atoms with Crippen LogP contribution in [0.3, 0.4) is 0 Å². The Hall–Kier alpha value is -1.60. The highest BCUT2D eigenvalue weighted by Crippen LogP contribution is 2.13. The van der Waals surface area contributed by atoms with Crippen molar-refractivity contribution in [1.29, 1.82) is 0 Å². The van der Waals surface area contributed by atoms with Crippen LogP contribution < -0.4 is 15.8 Å². The molecule has 0 aliphatic heterocycles. The van der Waals surface area contributed by atoms with Gasteiger partial charge in [-0.15, -0.1) is 0 Å². The average Bonchev–Trinajstić information content (AvgIpc) is 2.41. The molecule has 1 amide bonds. The second-order valence-corrected chi connectivity index (χ2v) is 7.77. The van der Waals surface area contributed by atoms with Crippen molar-refractivity contribution < 1.29 is 17.9 Å². The number of hydrogen-bond donors (Lipinski definition) is 2. The SMILES string of the molecule is Cc1cccc(OC(C)CNC(=O)C(N)CCS(C)(=O)=O)c1. The highest BCUT2D eigenvalue weighted by Gasteiger charge is 2.16. The van der Waals surface area contributed by atoms with Crippen molar-refractivity contribution in [2.45, 2.75) is 32.4 Å². The summed E-state index contributed by atoms with van der Waals surface area (Å²) >= 11 is 0. The molecule has 0 saturated carbocycles. The van der Waals surface area contributed by atoms with Crippen molar-refractivity contribution in [2.75, 3.05) is 18.6 Å². The van der Waals surface area contributed by atoms with Crippen LogP contribution >= 0.6 is 0 Å². The van der Waals surface area contributed by atoms with Gasteiger partial charge in [0.05, 0.1) is 18.3 Å². The summed E-state index contributed by atoms with van der Waals surface area (Å²) in [4.78, 5) is 11.8. The van der Waals surface area contributed by atoms with Crippen molar-refractivity contribution in [1.82, 2.24) is 5.32 Å². The normalized spacial score (nSPS) is 14.2. The van der Waals surface area contributed by atoms with E-state index in [1.807, 2.05) is 38.1 Å². The lowest BCUT2D eigenvalue weighted by molar-refractivity contribution is -0.122. The van der Waals surface area contributed by atoms with Gasteiger partial charge >= 0.3 is 0 Å². The molecule has 2 unspecified atom stereocenters. The number of hydrogen-bond acceptors (Lipinski definition) is 5. The highest BCUT2D eigenvalue weighted by molar-refractivity contribution is 7.90. The maximum Gasteiger partial charge on any atom is 0.237 e. The molecule has 0 heterocycles. The molecule has 124 valence electrons. The lowest BCUT2D eigenvalue weighted by Crippen LogP contribution is -2.44. The van der Waals surface area contributed by atoms with E-state index in [0.717, 1.165) is 17.6 Å². The van der Waals surface area contributed by atoms with Gasteiger partial charge < -0.3 is 15.8 Å². The van der Waals surface area contributed by atoms with Crippen molar-refractivity contribution in [3.63, 3.8) is 0 Å². The van der Waals surface area contributed by atoms with Gasteiger partial charge in [0.15, 0.2) is 0 Å². The van der Waals surface area contributed by atoms with Crippen LogP contribution in [0.4, 0.5) is 0 Å². The summed E-state index contributed by atoms with van der Waals surface area (Å²) in [6.45, 7) is 4.12. The van der Waals surface area contributed by atoms with Gasteiger partial charge in [-0.3, -0.25) is 4.79 Å². The van der Waals surface area contributed by atoms with Gasteiger partial charge in [-0.1, -0.05) is 12.1 Å². The Kier molecular flexibility index (Phi) is 6.83. The van der Waals surface area contributed by atoms with Crippen LogP contribution in [0.5, 0.6) is 5.75 Å². The van der Waals surface area contributed by atoms with Crippen molar-refractivity contribution in [2.24, 2.45) is 5.73 Å². The number of ether oxygens (including phenoxy) is 1. The van der Waals surface area contributed by atoms with E-state index < -0.39 is 15.9 Å². The smallest absolute Gasteiger partial charge is 0.237 e. The van der Waals surface area contributed by atoms with Crippen LogP contribution in [-0.4, -0.2) is 45.0 Å². The fourth-order valence-electron chi connectivity index (χ4n) is 1.81. The highest BCUT2D eigenvalue weighted by atomic mass is 32.2. The van der Waals surface area contributed by atoms with Gasteiger partial charge in [-0.2, -0.15) is 0 Å². The van der Waals surface area contributed by atoms with Crippen LogP contribution in [0.2, 0.25) is 0 Å². The van der Waals surface area contributed by atoms with Gasteiger partial charge in [-0.25, -0.2) is 8.42 Å². The maximum atomic E-state index is 11.8. The maximum absolute atomic E-state index is 11.8. The minimum Gasteiger partial charge on any atom is -0.489 e. The number of aryl methyl sites for hydroxylation is 1. The predicted molar refractivity (Wildman–Crippen MR) is 86.6 cm³/mol. The lowest BCUT2D eigenvalue weighted by Gasteiger charge is -2.17. The molecule has 22 heavy (non-hydrogen) atoms. The summed E-state index contributed by atoms with van der Waals surface area (Å²) in [7, 11) is -3.11. The van der Waals surface area contributed by atoms with Crippen LogP contribution in [0.25, 0.3) is 0 Å². The monoisotopic (exact) mass is 328 g/mol. The topological polar surface area (TPSA) is 98.5 Å². The van der Waals surface area contributed by atoms with Gasteiger partial charge in [0.1, 0.15) is 21.7 Å². The molecule has 1 rings (SSSR count). The minimum absolute atomic E-state index is 0.100. The van der Waals surface area contributed by atoms with E-state index in [4.69, 9.17) is 10.5 Å². The van der Waals surface area contributed by atoms with Crippen LogP contribution in [0, 0.1) is 6.92 Å². The Morgan fingerprint density at radius 2 is 2.09 bits per heavy atom. The zero-order valence-electron chi connectivity index (χ0n) is 13.2. The number of benzene rings is 1. The van der Waals surface area contributed by atoms with Crippen LogP contribution in [-0.2, 0) is 14.6 Å². The van der Waals surface area contributed by atoms with E-state index in [-0.39, 0.29) is 24.2 Å². The number of nitrogens with two attached hydrogens (primary N) is 1. The zero-order valence-corrected chi connectivity index (χ0v) is 14.0. The van der Waals surface area contributed by atoms with Gasteiger partial charge in [0, 0.05) is 6.26 Å². The standard InChI is InChI=1S/C15H24N2O4S/c1-11-5-4-6-13(9-11)21-12(2)10-17-15(18)14(16)7-8-22(3,19)20/h4-6,9,12,14H,7-8,10,16H2,1-3H3,(H,17,18). The van der Waals surface area contributed by atoms with E-state index >= 15 is 0 Å². The van der Waals surface area contributed by atoms with Crippen molar-refractivity contribution in [3.05, 3.63) is 29.8 Å². The van der Waals surface area contributed by atoms with Crippen LogP contribution in [0.1, 0.15) is 18.9 Å². The molecular weight excluding hydrogens is 304 g/mol. The molecule has 0 aliphatic carbocycles. The summed E-state index contributed by atoms with van der Waals surface area (Å²) < 4.78 is 27.8. The summed E-state index contributed by atoms with van der Waals surface area (Å²) in [6, 6.07) is 6.80. The number of nitrogens with one attached hydrogen (secondary N) is 1. The van der Waals surface area contributed by atoms with Crippen LogP contribution in [0.15, 0.2) is 24.3 Å². The molecule has 0 radical (unpaired) electrons. The molecule has 0 bridgehead atoms. The average molecular weight is 328 g/mol. The van der Waals surface area contributed by atoms with Crippen molar-refractivity contribution >= 4 is 15.7 Å². The molecular formula is C15H24N2O4S. The molecule has 0 fully saturated rings. The first-order chi connectivity index (χ1) is 10.2. The number of sulfone groups is 1. The minimum atomic E-state index is -3.11. The van der Waals surface area contributed by atoms with Crippen molar-refractivity contribution in [3.8, 4) is 5.75 Å². The Morgan fingerprint density at radius 1 is 1.41 bits per heavy atom. The number of carbonyl (C=O) groups excluding carboxylic acids is 1. The third kappa shape index (κ3) is 7.42. The summed E-state index contributed by atoms with van der Waals surface area (Å²) in [5.41, 5.74) is 6.76. The molecule has 0 aromatic heterocycles. The molecule has 2 atom stereocenters. The molecule has 1 aromatic rings. The lowest BCUT2D eigenvalue weighted by atomic mass is 10.2. The summed E-state index contributed by atoms with van der Waals surface area (Å²) in [5, 5.41) is 2.67. The fraction of sp³-hybridized carbons (Fsp3) is 0.533. The molecule has 6 nitrogen and oxygen atoms in total. The van der Waals surface area contributed by atoms with E-state index in [1.54, 1.807) is 0 Å². The second-order valence-electron chi connectivity index (χ2n) is 5.52. The van der Waals surface area contributed by atoms with E-state index in [2.05, 4.69) is 5.32 Å². The number of rotatable bonds is 8. The summed E-state index contributed by atoms with van der Waals surface area (Å²) in [5.74, 6) is 0.267. The molecule has 7 heteroatoms. The molecule has 0 spiro atoms. The second kappa shape index (κ2) is 8.14.